The maximum absolute atomic E-state index is 12.8. The van der Waals surface area contributed by atoms with Crippen molar-refractivity contribution in [1.29, 1.82) is 0 Å². The van der Waals surface area contributed by atoms with Crippen LogP contribution in [0.15, 0.2) is 23.8 Å². The van der Waals surface area contributed by atoms with Crippen molar-refractivity contribution < 1.29 is 9.53 Å². The highest BCUT2D eigenvalue weighted by Gasteiger charge is 2.59. The molecule has 4 aliphatic rings. The normalized spacial score (nSPS) is 32.6. The Labute approximate surface area is 293 Å². The van der Waals surface area contributed by atoms with E-state index >= 15 is 0 Å². The lowest BCUT2D eigenvalue weighted by atomic mass is 9.47. The van der Waals surface area contributed by atoms with Crippen LogP contribution in [0.3, 0.4) is 0 Å². The molecule has 0 amide bonds. The first-order valence-corrected chi connectivity index (χ1v) is 21.2. The highest BCUT2D eigenvalue weighted by molar-refractivity contribution is 5.69. The number of carbonyl (C=O) groups excluding carboxylic acids is 1. The van der Waals surface area contributed by atoms with Crippen LogP contribution in [0.5, 0.6) is 0 Å². The molecule has 0 spiro atoms. The zero-order valence-corrected chi connectivity index (χ0v) is 32.3. The molecule has 0 aromatic rings. The number of esters is 1. The first kappa shape index (κ1) is 38.7. The molecule has 4 rings (SSSR count). The molecular formula is C45H78O2. The predicted octanol–water partition coefficient (Wildman–Crippen LogP) is 14.0. The Kier molecular flexibility index (Phi) is 16.0. The molecule has 0 bridgehead atoms. The molecule has 3 saturated carbocycles. The SMILES string of the molecule is CCCCCCCCC=CCCCCCCCC(=O)OC1CC[C@@]2(C)C(=CCC3C2CC[C@@]2(C)C3CC[C@@H]2[C@H](C)CCCC(C)C)C1. The second kappa shape index (κ2) is 19.4. The van der Waals surface area contributed by atoms with Gasteiger partial charge in [0.15, 0.2) is 0 Å². The largest absolute Gasteiger partial charge is 0.462 e. The van der Waals surface area contributed by atoms with Gasteiger partial charge < -0.3 is 4.74 Å². The van der Waals surface area contributed by atoms with Crippen molar-refractivity contribution in [3.8, 4) is 0 Å². The van der Waals surface area contributed by atoms with Gasteiger partial charge in [-0.2, -0.15) is 0 Å². The van der Waals surface area contributed by atoms with Crippen LogP contribution in [0.25, 0.3) is 0 Å². The monoisotopic (exact) mass is 651 g/mol. The van der Waals surface area contributed by atoms with E-state index in [1.165, 1.54) is 128 Å². The molecule has 0 aromatic carbocycles. The van der Waals surface area contributed by atoms with Gasteiger partial charge in [-0.15, -0.1) is 0 Å². The van der Waals surface area contributed by atoms with E-state index in [0.717, 1.165) is 61.2 Å². The van der Waals surface area contributed by atoms with Crippen LogP contribution >= 0.6 is 0 Å². The van der Waals surface area contributed by atoms with Gasteiger partial charge >= 0.3 is 5.97 Å². The third-order valence-electron chi connectivity index (χ3n) is 14.2. The maximum Gasteiger partial charge on any atom is 0.306 e. The number of hydrogen-bond donors (Lipinski definition) is 0. The van der Waals surface area contributed by atoms with Crippen LogP contribution in [0.2, 0.25) is 0 Å². The highest BCUT2D eigenvalue weighted by Crippen LogP contribution is 2.67. The summed E-state index contributed by atoms with van der Waals surface area (Å²) in [4.78, 5) is 12.8. The van der Waals surface area contributed by atoms with E-state index in [4.69, 9.17) is 4.74 Å². The lowest BCUT2D eigenvalue weighted by molar-refractivity contribution is -0.151. The molecule has 2 nitrogen and oxygen atoms in total. The molecule has 2 heteroatoms. The second-order valence-electron chi connectivity index (χ2n) is 18.0. The number of rotatable bonds is 21. The minimum absolute atomic E-state index is 0.0541. The van der Waals surface area contributed by atoms with Crippen molar-refractivity contribution in [2.45, 2.75) is 208 Å². The molecule has 0 saturated heterocycles. The summed E-state index contributed by atoms with van der Waals surface area (Å²) in [6, 6.07) is 0. The summed E-state index contributed by atoms with van der Waals surface area (Å²) in [5, 5.41) is 0. The predicted molar refractivity (Wildman–Crippen MR) is 202 cm³/mol. The third kappa shape index (κ3) is 10.7. The summed E-state index contributed by atoms with van der Waals surface area (Å²) in [7, 11) is 0. The van der Waals surface area contributed by atoms with Crippen molar-refractivity contribution in [2.24, 2.45) is 46.3 Å². The molecule has 0 radical (unpaired) electrons. The molecular weight excluding hydrogens is 572 g/mol. The van der Waals surface area contributed by atoms with E-state index in [2.05, 4.69) is 59.8 Å². The smallest absolute Gasteiger partial charge is 0.306 e. The van der Waals surface area contributed by atoms with Crippen molar-refractivity contribution in [3.05, 3.63) is 23.8 Å². The topological polar surface area (TPSA) is 26.3 Å². The number of hydrogen-bond acceptors (Lipinski definition) is 2. The molecule has 0 N–H and O–H groups in total. The van der Waals surface area contributed by atoms with Gasteiger partial charge in [-0.25, -0.2) is 0 Å². The molecule has 3 fully saturated rings. The minimum Gasteiger partial charge on any atom is -0.462 e. The number of ether oxygens (including phenoxy) is 1. The fourth-order valence-electron chi connectivity index (χ4n) is 11.3. The average Bonchev–Trinajstić information content (AvgIpc) is 3.40. The van der Waals surface area contributed by atoms with Crippen LogP contribution in [0.4, 0.5) is 0 Å². The summed E-state index contributed by atoms with van der Waals surface area (Å²) in [6.45, 7) is 14.9. The molecule has 47 heavy (non-hydrogen) atoms. The van der Waals surface area contributed by atoms with Gasteiger partial charge in [0.1, 0.15) is 6.10 Å². The molecule has 0 heterocycles. The molecule has 270 valence electrons. The molecule has 4 unspecified atom stereocenters. The molecule has 0 aliphatic heterocycles. The van der Waals surface area contributed by atoms with Gasteiger partial charge in [0.25, 0.3) is 0 Å². The van der Waals surface area contributed by atoms with E-state index in [9.17, 15) is 4.79 Å². The third-order valence-corrected chi connectivity index (χ3v) is 14.2. The van der Waals surface area contributed by atoms with E-state index in [1.807, 2.05) is 0 Å². The van der Waals surface area contributed by atoms with Crippen LogP contribution < -0.4 is 0 Å². The van der Waals surface area contributed by atoms with E-state index in [-0.39, 0.29) is 12.1 Å². The highest BCUT2D eigenvalue weighted by atomic mass is 16.5. The quantitative estimate of drug-likeness (QED) is 0.0702. The van der Waals surface area contributed by atoms with E-state index < -0.39 is 0 Å². The van der Waals surface area contributed by atoms with Gasteiger partial charge in [-0.3, -0.25) is 4.79 Å². The number of unbranched alkanes of at least 4 members (excludes halogenated alkanes) is 11. The van der Waals surface area contributed by atoms with Crippen LogP contribution in [0, 0.1) is 46.3 Å². The zero-order valence-electron chi connectivity index (χ0n) is 32.3. The van der Waals surface area contributed by atoms with Crippen LogP contribution in [0.1, 0.15) is 202 Å². The summed E-state index contributed by atoms with van der Waals surface area (Å²) >= 11 is 0. The van der Waals surface area contributed by atoms with Crippen LogP contribution in [-0.2, 0) is 9.53 Å². The lowest BCUT2D eigenvalue weighted by Gasteiger charge is -2.58. The Morgan fingerprint density at radius 3 is 2.19 bits per heavy atom. The van der Waals surface area contributed by atoms with Crippen LogP contribution in [-0.4, -0.2) is 12.1 Å². The maximum atomic E-state index is 12.8. The standard InChI is InChI=1S/C45H78O2/c1-7-8-9-10-11-12-13-14-15-16-17-18-19-20-21-25-43(46)47-38-30-32-44(5)37(34-38)26-27-39-41-29-28-40(36(4)24-22-23-35(2)3)45(41,6)33-31-42(39)44/h14-15,26,35-36,38-42H,7-13,16-25,27-34H2,1-6H3/t36-,38?,39?,40-,41?,42?,44+,45-/m1/s1. The summed E-state index contributed by atoms with van der Waals surface area (Å²) in [5.74, 6) is 5.31. The van der Waals surface area contributed by atoms with Gasteiger partial charge in [-0.05, 0) is 123 Å². The number of fused-ring (bicyclic) bond motifs is 5. The summed E-state index contributed by atoms with van der Waals surface area (Å²) in [6.07, 6.45) is 39.5. The van der Waals surface area contributed by atoms with Gasteiger partial charge in [0.2, 0.25) is 0 Å². The van der Waals surface area contributed by atoms with Crippen molar-refractivity contribution in [2.75, 3.05) is 0 Å². The molecule has 8 atom stereocenters. The Balaban J connectivity index is 1.12. The van der Waals surface area contributed by atoms with Gasteiger partial charge in [0, 0.05) is 12.8 Å². The fraction of sp³-hybridized carbons (Fsp3) is 0.889. The fourth-order valence-corrected chi connectivity index (χ4v) is 11.3. The number of allylic oxidation sites excluding steroid dienone is 3. The first-order valence-electron chi connectivity index (χ1n) is 21.2. The van der Waals surface area contributed by atoms with Crippen molar-refractivity contribution in [1.82, 2.24) is 0 Å². The zero-order chi connectivity index (χ0) is 33.7. The van der Waals surface area contributed by atoms with E-state index in [1.54, 1.807) is 5.57 Å². The number of carbonyl (C=O) groups is 1. The first-order chi connectivity index (χ1) is 22.7. The summed E-state index contributed by atoms with van der Waals surface area (Å²) < 4.78 is 6.12. The Bertz CT molecular complexity index is 976. The Hall–Kier alpha value is -1.05. The molecule has 4 aliphatic carbocycles. The van der Waals surface area contributed by atoms with Crippen molar-refractivity contribution >= 4 is 5.97 Å². The van der Waals surface area contributed by atoms with Gasteiger partial charge in [-0.1, -0.05) is 136 Å². The van der Waals surface area contributed by atoms with Gasteiger partial charge in [0.05, 0.1) is 0 Å². The summed E-state index contributed by atoms with van der Waals surface area (Å²) in [5.41, 5.74) is 2.53. The van der Waals surface area contributed by atoms with E-state index in [0.29, 0.717) is 17.3 Å². The minimum atomic E-state index is 0.0541. The lowest BCUT2D eigenvalue weighted by Crippen LogP contribution is -2.51. The Morgan fingerprint density at radius 1 is 0.809 bits per heavy atom. The second-order valence-corrected chi connectivity index (χ2v) is 18.0. The molecule has 0 aromatic heterocycles. The van der Waals surface area contributed by atoms with Crippen molar-refractivity contribution in [3.63, 3.8) is 0 Å². The Morgan fingerprint density at radius 2 is 1.49 bits per heavy atom. The average molecular weight is 651 g/mol.